The number of hydrogen-bond acceptors (Lipinski definition) is 4. The number of rotatable bonds is 5. The Balaban J connectivity index is 1.57. The van der Waals surface area contributed by atoms with Crippen LogP contribution < -0.4 is 5.32 Å². The van der Waals surface area contributed by atoms with Crippen LogP contribution in [0.15, 0.2) is 18.2 Å². The number of nitrogens with one attached hydrogen (secondary N) is 1. The second-order valence-corrected chi connectivity index (χ2v) is 9.73. The first-order valence-corrected chi connectivity index (χ1v) is 11.2. The zero-order chi connectivity index (χ0) is 20.3. The quantitative estimate of drug-likeness (QED) is 0.767. The molecule has 1 aliphatic carbocycles. The van der Waals surface area contributed by atoms with Gasteiger partial charge in [0.2, 0.25) is 11.8 Å². The number of hydrogen-bond donors (Lipinski definition) is 1. The molecule has 1 aliphatic heterocycles. The zero-order valence-electron chi connectivity index (χ0n) is 17.0. The summed E-state index contributed by atoms with van der Waals surface area (Å²) in [6.45, 7) is 5.78. The van der Waals surface area contributed by atoms with Gasteiger partial charge >= 0.3 is 0 Å². The molecule has 6 heteroatoms. The lowest BCUT2D eigenvalue weighted by atomic mass is 9.89. The Morgan fingerprint density at radius 2 is 1.82 bits per heavy atom. The van der Waals surface area contributed by atoms with Crippen molar-refractivity contribution in [3.8, 4) is 0 Å². The predicted octanol–water partition coefficient (Wildman–Crippen LogP) is 3.34. The Morgan fingerprint density at radius 3 is 2.54 bits per heavy atom. The number of carbonyl (C=O) groups is 3. The Morgan fingerprint density at radius 1 is 1.11 bits per heavy atom. The van der Waals surface area contributed by atoms with Gasteiger partial charge in [-0.25, -0.2) is 0 Å². The monoisotopic (exact) mass is 402 g/mol. The first-order chi connectivity index (χ1) is 13.2. The second kappa shape index (κ2) is 8.68. The topological polar surface area (TPSA) is 66.5 Å². The van der Waals surface area contributed by atoms with Gasteiger partial charge in [-0.2, -0.15) is 0 Å². The molecule has 0 radical (unpaired) electrons. The summed E-state index contributed by atoms with van der Waals surface area (Å²) in [6, 6.07) is 5.51. The fourth-order valence-electron chi connectivity index (χ4n) is 3.77. The van der Waals surface area contributed by atoms with Gasteiger partial charge in [-0.1, -0.05) is 12.1 Å². The maximum absolute atomic E-state index is 12.7. The molecule has 0 spiro atoms. The van der Waals surface area contributed by atoms with Crippen LogP contribution in [0.5, 0.6) is 0 Å². The molecule has 1 aromatic carbocycles. The number of nitrogens with zero attached hydrogens (tertiary/aromatic N) is 1. The van der Waals surface area contributed by atoms with E-state index in [0.29, 0.717) is 17.2 Å². The summed E-state index contributed by atoms with van der Waals surface area (Å²) in [5.74, 6) is 0.877. The van der Waals surface area contributed by atoms with Crippen LogP contribution in [0.25, 0.3) is 0 Å². The maximum atomic E-state index is 12.7. The van der Waals surface area contributed by atoms with E-state index in [1.54, 1.807) is 16.7 Å². The van der Waals surface area contributed by atoms with E-state index in [1.807, 2.05) is 32.9 Å². The highest BCUT2D eigenvalue weighted by Gasteiger charge is 2.35. The SMILES string of the molecule is CC(C)(C)NC(=O)C1CSCN1C(=O)CCC(=O)c1ccc2c(c1)CCCC2. The summed E-state index contributed by atoms with van der Waals surface area (Å²) in [5.41, 5.74) is 2.99. The lowest BCUT2D eigenvalue weighted by Gasteiger charge is -2.27. The Bertz CT molecular complexity index is 770. The number of benzene rings is 1. The molecule has 0 bridgehead atoms. The van der Waals surface area contributed by atoms with Gasteiger partial charge in [0.05, 0.1) is 5.88 Å². The predicted molar refractivity (Wildman–Crippen MR) is 113 cm³/mol. The molecule has 2 aliphatic rings. The van der Waals surface area contributed by atoms with E-state index in [1.165, 1.54) is 24.0 Å². The average molecular weight is 403 g/mol. The van der Waals surface area contributed by atoms with E-state index < -0.39 is 6.04 Å². The molecule has 1 atom stereocenters. The van der Waals surface area contributed by atoms with Crippen molar-refractivity contribution < 1.29 is 14.4 Å². The van der Waals surface area contributed by atoms with Crippen LogP contribution in [0.1, 0.15) is 67.9 Å². The molecule has 5 nitrogen and oxygen atoms in total. The lowest BCUT2D eigenvalue weighted by Crippen LogP contribution is -2.52. The van der Waals surface area contributed by atoms with Crippen molar-refractivity contribution in [2.45, 2.75) is 70.9 Å². The third-order valence-corrected chi connectivity index (χ3v) is 6.25. The van der Waals surface area contributed by atoms with Crippen LogP contribution in [-0.4, -0.2) is 45.7 Å². The molecule has 1 fully saturated rings. The summed E-state index contributed by atoms with van der Waals surface area (Å²) in [6.07, 6.45) is 4.85. The largest absolute Gasteiger partial charge is 0.350 e. The van der Waals surface area contributed by atoms with Crippen molar-refractivity contribution in [3.05, 3.63) is 34.9 Å². The number of ketones is 1. The fraction of sp³-hybridized carbons (Fsp3) is 0.591. The van der Waals surface area contributed by atoms with Crippen molar-refractivity contribution in [1.29, 1.82) is 0 Å². The summed E-state index contributed by atoms with van der Waals surface area (Å²) < 4.78 is 0. The van der Waals surface area contributed by atoms with Crippen molar-refractivity contribution in [2.75, 3.05) is 11.6 Å². The van der Waals surface area contributed by atoms with Gasteiger partial charge in [0, 0.05) is 29.7 Å². The van der Waals surface area contributed by atoms with Gasteiger partial charge < -0.3 is 10.2 Å². The van der Waals surface area contributed by atoms with Crippen LogP contribution in [0.4, 0.5) is 0 Å². The van der Waals surface area contributed by atoms with Crippen LogP contribution in [0.2, 0.25) is 0 Å². The number of thioether (sulfide) groups is 1. The second-order valence-electron chi connectivity index (χ2n) is 8.73. The molecule has 0 aromatic heterocycles. The van der Waals surface area contributed by atoms with Crippen molar-refractivity contribution in [1.82, 2.24) is 10.2 Å². The van der Waals surface area contributed by atoms with E-state index in [9.17, 15) is 14.4 Å². The number of amides is 2. The van der Waals surface area contributed by atoms with Gasteiger partial charge in [-0.3, -0.25) is 14.4 Å². The minimum absolute atomic E-state index is 0.00395. The molecule has 1 aromatic rings. The lowest BCUT2D eigenvalue weighted by molar-refractivity contribution is -0.138. The van der Waals surface area contributed by atoms with Crippen LogP contribution in [-0.2, 0) is 22.4 Å². The first kappa shape index (κ1) is 20.9. The molecular formula is C22H30N2O3S. The molecule has 2 amide bonds. The maximum Gasteiger partial charge on any atom is 0.244 e. The van der Waals surface area contributed by atoms with Crippen LogP contribution in [0, 0.1) is 0 Å². The molecular weight excluding hydrogens is 372 g/mol. The highest BCUT2D eigenvalue weighted by Crippen LogP contribution is 2.25. The van der Waals surface area contributed by atoms with Gasteiger partial charge in [0.1, 0.15) is 6.04 Å². The van der Waals surface area contributed by atoms with Gasteiger partial charge in [0.25, 0.3) is 0 Å². The van der Waals surface area contributed by atoms with Gasteiger partial charge in [-0.15, -0.1) is 11.8 Å². The molecule has 1 unspecified atom stereocenters. The molecule has 152 valence electrons. The Labute approximate surface area is 171 Å². The number of aryl methyl sites for hydroxylation is 2. The molecule has 1 saturated heterocycles. The van der Waals surface area contributed by atoms with E-state index in [0.717, 1.165) is 12.8 Å². The standard InChI is InChI=1S/C22H30N2O3S/c1-22(2,3)23-21(27)18-13-28-14-24(18)20(26)11-10-19(25)17-9-8-15-6-4-5-7-16(15)12-17/h8-9,12,18H,4-7,10-11,13-14H2,1-3H3,(H,23,27). The minimum Gasteiger partial charge on any atom is -0.350 e. The third kappa shape index (κ3) is 5.16. The molecule has 0 saturated carbocycles. The summed E-state index contributed by atoms with van der Waals surface area (Å²) in [5, 5.41) is 2.95. The van der Waals surface area contributed by atoms with E-state index in [-0.39, 0.29) is 36.0 Å². The third-order valence-electron chi connectivity index (χ3n) is 5.24. The number of Topliss-reactive ketones (excluding diaryl/α,β-unsaturated/α-hetero) is 1. The normalized spacial score (nSPS) is 19.2. The minimum atomic E-state index is -0.449. The molecule has 3 rings (SSSR count). The highest BCUT2D eigenvalue weighted by atomic mass is 32.2. The average Bonchev–Trinajstić information content (AvgIpc) is 3.14. The van der Waals surface area contributed by atoms with Crippen LogP contribution >= 0.6 is 11.8 Å². The van der Waals surface area contributed by atoms with Gasteiger partial charge in [0.15, 0.2) is 5.78 Å². The summed E-state index contributed by atoms with van der Waals surface area (Å²) in [4.78, 5) is 39.4. The smallest absolute Gasteiger partial charge is 0.244 e. The van der Waals surface area contributed by atoms with Crippen molar-refractivity contribution in [2.24, 2.45) is 0 Å². The van der Waals surface area contributed by atoms with E-state index >= 15 is 0 Å². The summed E-state index contributed by atoms with van der Waals surface area (Å²) in [7, 11) is 0. The fourth-order valence-corrected chi connectivity index (χ4v) is 4.95. The highest BCUT2D eigenvalue weighted by molar-refractivity contribution is 7.99. The number of carbonyl (C=O) groups excluding carboxylic acids is 3. The first-order valence-electron chi connectivity index (χ1n) is 10.1. The Kier molecular flexibility index (Phi) is 6.48. The molecule has 1 heterocycles. The Hall–Kier alpha value is -1.82. The van der Waals surface area contributed by atoms with E-state index in [2.05, 4.69) is 11.4 Å². The van der Waals surface area contributed by atoms with Crippen molar-refractivity contribution in [3.63, 3.8) is 0 Å². The zero-order valence-corrected chi connectivity index (χ0v) is 17.9. The molecule has 1 N–H and O–H groups in total. The van der Waals surface area contributed by atoms with Crippen molar-refractivity contribution >= 4 is 29.4 Å². The molecule has 28 heavy (non-hydrogen) atoms. The van der Waals surface area contributed by atoms with Gasteiger partial charge in [-0.05, 0) is 63.6 Å². The van der Waals surface area contributed by atoms with Crippen LogP contribution in [0.3, 0.4) is 0 Å². The van der Waals surface area contributed by atoms with E-state index in [4.69, 9.17) is 0 Å². The number of fused-ring (bicyclic) bond motifs is 1. The summed E-state index contributed by atoms with van der Waals surface area (Å²) >= 11 is 1.58.